The lowest BCUT2D eigenvalue weighted by atomic mass is 10.2. The first kappa shape index (κ1) is 17.1. The summed E-state index contributed by atoms with van der Waals surface area (Å²) in [6.07, 6.45) is 2.29. The van der Waals surface area contributed by atoms with Crippen LogP contribution in [0.4, 0.5) is 5.69 Å². The molecule has 2 aliphatic heterocycles. The number of hydrogen-bond donors (Lipinski definition) is 1. The van der Waals surface area contributed by atoms with Crippen molar-refractivity contribution in [2.45, 2.75) is 37.1 Å². The molecule has 6 heteroatoms. The molecule has 2 atom stereocenters. The molecule has 0 aliphatic carbocycles. The molecule has 2 heterocycles. The summed E-state index contributed by atoms with van der Waals surface area (Å²) < 4.78 is 0. The van der Waals surface area contributed by atoms with Gasteiger partial charge in [0.05, 0.1) is 4.87 Å². The minimum atomic E-state index is -0.304. The van der Waals surface area contributed by atoms with Crippen LogP contribution in [0.3, 0.4) is 0 Å². The second-order valence-electron chi connectivity index (χ2n) is 6.67. The van der Waals surface area contributed by atoms with Crippen molar-refractivity contribution in [1.29, 1.82) is 0 Å². The van der Waals surface area contributed by atoms with E-state index in [9.17, 15) is 9.59 Å². The van der Waals surface area contributed by atoms with Gasteiger partial charge in [-0.15, -0.1) is 11.8 Å². The third kappa shape index (κ3) is 3.38. The summed E-state index contributed by atoms with van der Waals surface area (Å²) in [6, 6.07) is 9.90. The molecule has 0 saturated carbocycles. The number of hydrogen-bond acceptors (Lipinski definition) is 4. The number of carbonyl (C=O) groups is 2. The Morgan fingerprint density at radius 2 is 2.17 bits per heavy atom. The molecule has 2 amide bonds. The third-order valence-electron chi connectivity index (χ3n) is 4.91. The van der Waals surface area contributed by atoms with E-state index in [0.29, 0.717) is 18.7 Å². The van der Waals surface area contributed by atoms with Gasteiger partial charge >= 0.3 is 0 Å². The predicted octanol–water partition coefficient (Wildman–Crippen LogP) is 2.08. The van der Waals surface area contributed by atoms with Gasteiger partial charge in [0.25, 0.3) is 0 Å². The summed E-state index contributed by atoms with van der Waals surface area (Å²) in [5.41, 5.74) is 1.18. The Labute approximate surface area is 147 Å². The minimum Gasteiger partial charge on any atom is -0.375 e. The van der Waals surface area contributed by atoms with Crippen LogP contribution >= 0.6 is 11.8 Å². The van der Waals surface area contributed by atoms with Crippen LogP contribution in [0.25, 0.3) is 0 Å². The first-order chi connectivity index (χ1) is 11.5. The second-order valence-corrected chi connectivity index (χ2v) is 8.17. The normalized spacial score (nSPS) is 25.7. The first-order valence-electron chi connectivity index (χ1n) is 8.51. The van der Waals surface area contributed by atoms with Crippen molar-refractivity contribution in [3.8, 4) is 0 Å². The van der Waals surface area contributed by atoms with Gasteiger partial charge in [-0.25, -0.2) is 0 Å². The molecule has 24 heavy (non-hydrogen) atoms. The lowest BCUT2D eigenvalue weighted by Crippen LogP contribution is -2.50. The molecule has 0 unspecified atom stereocenters. The maximum absolute atomic E-state index is 12.5. The number of nitrogens with zero attached hydrogens (tertiary/aromatic N) is 2. The zero-order chi connectivity index (χ0) is 17.2. The van der Waals surface area contributed by atoms with E-state index in [1.807, 2.05) is 23.1 Å². The number of para-hydroxylation sites is 1. The molecular formula is C18H25N3O2S. The van der Waals surface area contributed by atoms with E-state index in [2.05, 4.69) is 36.3 Å². The van der Waals surface area contributed by atoms with E-state index in [1.165, 1.54) is 5.69 Å². The highest BCUT2D eigenvalue weighted by atomic mass is 32.2. The molecule has 3 rings (SSSR count). The van der Waals surface area contributed by atoms with Crippen molar-refractivity contribution in [3.05, 3.63) is 30.3 Å². The number of fused-ring (bicyclic) bond motifs is 1. The molecule has 1 aromatic rings. The number of nitrogens with one attached hydrogen (secondary N) is 1. The highest BCUT2D eigenvalue weighted by Gasteiger charge is 2.52. The Hall–Kier alpha value is -1.69. The number of anilines is 1. The maximum atomic E-state index is 12.5. The largest absolute Gasteiger partial charge is 0.375 e. The number of amides is 2. The third-order valence-corrected chi connectivity index (χ3v) is 6.42. The summed E-state index contributed by atoms with van der Waals surface area (Å²) in [4.78, 5) is 28.4. The quantitative estimate of drug-likeness (QED) is 0.801. The topological polar surface area (TPSA) is 52.7 Å². The lowest BCUT2D eigenvalue weighted by molar-refractivity contribution is -0.137. The number of benzene rings is 1. The SMILES string of the molecule is CN(CCCNC(=O)[C@H]1CS[C@]2(C)CCC(=O)N12)c1ccccc1. The number of carbonyl (C=O) groups excluding carboxylic acids is 2. The van der Waals surface area contributed by atoms with Crippen molar-refractivity contribution in [3.63, 3.8) is 0 Å². The van der Waals surface area contributed by atoms with E-state index in [4.69, 9.17) is 0 Å². The van der Waals surface area contributed by atoms with E-state index < -0.39 is 0 Å². The van der Waals surface area contributed by atoms with Gasteiger partial charge in [0.15, 0.2) is 0 Å². The lowest BCUT2D eigenvalue weighted by Gasteiger charge is -2.29. The molecular weight excluding hydrogens is 322 g/mol. The number of rotatable bonds is 6. The Kier molecular flexibility index (Phi) is 5.04. The van der Waals surface area contributed by atoms with Crippen LogP contribution in [-0.4, -0.2) is 53.5 Å². The molecule has 0 bridgehead atoms. The Morgan fingerprint density at radius 1 is 1.42 bits per heavy atom. The van der Waals surface area contributed by atoms with Gasteiger partial charge in [0, 0.05) is 38.0 Å². The second kappa shape index (κ2) is 7.05. The molecule has 5 nitrogen and oxygen atoms in total. The van der Waals surface area contributed by atoms with E-state index in [0.717, 1.165) is 19.4 Å². The molecule has 0 spiro atoms. The zero-order valence-corrected chi connectivity index (χ0v) is 15.1. The van der Waals surface area contributed by atoms with Crippen molar-refractivity contribution < 1.29 is 9.59 Å². The van der Waals surface area contributed by atoms with Crippen molar-refractivity contribution >= 4 is 29.3 Å². The molecule has 1 aromatic carbocycles. The predicted molar refractivity (Wildman–Crippen MR) is 98.1 cm³/mol. The smallest absolute Gasteiger partial charge is 0.243 e. The first-order valence-corrected chi connectivity index (χ1v) is 9.50. The van der Waals surface area contributed by atoms with Crippen LogP contribution in [0.5, 0.6) is 0 Å². The van der Waals surface area contributed by atoms with Gasteiger partial charge in [-0.1, -0.05) is 18.2 Å². The average Bonchev–Trinajstić information content (AvgIpc) is 3.08. The molecule has 0 radical (unpaired) electrons. The molecule has 2 saturated heterocycles. The highest BCUT2D eigenvalue weighted by molar-refractivity contribution is 8.01. The van der Waals surface area contributed by atoms with Gasteiger partial charge in [-0.2, -0.15) is 0 Å². The summed E-state index contributed by atoms with van der Waals surface area (Å²) in [6.45, 7) is 3.59. The van der Waals surface area contributed by atoms with Crippen LogP contribution in [0.1, 0.15) is 26.2 Å². The van der Waals surface area contributed by atoms with Gasteiger partial charge < -0.3 is 15.1 Å². The van der Waals surface area contributed by atoms with Crippen LogP contribution in [0.2, 0.25) is 0 Å². The summed E-state index contributed by atoms with van der Waals surface area (Å²) in [7, 11) is 2.05. The highest BCUT2D eigenvalue weighted by Crippen LogP contribution is 2.47. The summed E-state index contributed by atoms with van der Waals surface area (Å²) in [5, 5.41) is 3.01. The fourth-order valence-electron chi connectivity index (χ4n) is 3.47. The minimum absolute atomic E-state index is 0.0103. The molecule has 2 aliphatic rings. The Bertz CT molecular complexity index is 610. The fraction of sp³-hybridized carbons (Fsp3) is 0.556. The monoisotopic (exact) mass is 347 g/mol. The Balaban J connectivity index is 1.44. The van der Waals surface area contributed by atoms with Crippen LogP contribution in [-0.2, 0) is 9.59 Å². The molecule has 130 valence electrons. The standard InChI is InChI=1S/C18H25N3O2S/c1-18-10-9-16(22)21(18)15(13-24-18)17(23)19-11-6-12-20(2)14-7-4-3-5-8-14/h3-5,7-8,15H,6,9-13H2,1-2H3,(H,19,23)/t15-,18-/m1/s1. The molecule has 2 fully saturated rings. The van der Waals surface area contributed by atoms with Gasteiger partial charge in [-0.05, 0) is 31.9 Å². The van der Waals surface area contributed by atoms with Crippen molar-refractivity contribution in [1.82, 2.24) is 10.2 Å². The maximum Gasteiger partial charge on any atom is 0.243 e. The van der Waals surface area contributed by atoms with Crippen LogP contribution in [0, 0.1) is 0 Å². The summed E-state index contributed by atoms with van der Waals surface area (Å²) in [5.74, 6) is 0.813. The van der Waals surface area contributed by atoms with Crippen LogP contribution < -0.4 is 10.2 Å². The molecule has 1 N–H and O–H groups in total. The van der Waals surface area contributed by atoms with Crippen LogP contribution in [0.15, 0.2) is 30.3 Å². The van der Waals surface area contributed by atoms with E-state index >= 15 is 0 Å². The summed E-state index contributed by atoms with van der Waals surface area (Å²) >= 11 is 1.73. The van der Waals surface area contributed by atoms with Crippen molar-refractivity contribution in [2.24, 2.45) is 0 Å². The Morgan fingerprint density at radius 3 is 2.92 bits per heavy atom. The van der Waals surface area contributed by atoms with E-state index in [1.54, 1.807) is 11.8 Å². The fourth-order valence-corrected chi connectivity index (χ4v) is 4.90. The average molecular weight is 347 g/mol. The zero-order valence-electron chi connectivity index (χ0n) is 14.3. The van der Waals surface area contributed by atoms with Gasteiger partial charge in [0.2, 0.25) is 11.8 Å². The number of thioether (sulfide) groups is 1. The molecule has 0 aromatic heterocycles. The van der Waals surface area contributed by atoms with E-state index in [-0.39, 0.29) is 22.7 Å². The van der Waals surface area contributed by atoms with Crippen molar-refractivity contribution in [2.75, 3.05) is 30.8 Å². The van der Waals surface area contributed by atoms with Gasteiger partial charge in [-0.3, -0.25) is 9.59 Å². The van der Waals surface area contributed by atoms with Gasteiger partial charge in [0.1, 0.15) is 6.04 Å².